The second kappa shape index (κ2) is 7.22. The van der Waals surface area contributed by atoms with Crippen molar-refractivity contribution in [2.45, 2.75) is 12.8 Å². The van der Waals surface area contributed by atoms with Gasteiger partial charge in [0.15, 0.2) is 0 Å². The number of aliphatic carboxylic acids is 2. The molecular weight excluding hydrogens is 216 g/mol. The van der Waals surface area contributed by atoms with Gasteiger partial charge in [0.2, 0.25) is 0 Å². The first kappa shape index (κ1) is 13.9. The van der Waals surface area contributed by atoms with Crippen LogP contribution in [-0.2, 0) is 19.1 Å². The molecule has 0 fully saturated rings. The highest BCUT2D eigenvalue weighted by Crippen LogP contribution is 2.05. The molecule has 6 nitrogen and oxygen atoms in total. The number of hydrogen-bond donors (Lipinski definition) is 2. The first-order chi connectivity index (χ1) is 7.47. The van der Waals surface area contributed by atoms with Gasteiger partial charge >= 0.3 is 17.9 Å². The molecule has 0 radical (unpaired) electrons. The lowest BCUT2D eigenvalue weighted by Gasteiger charge is -2.02. The molecule has 6 heteroatoms. The molecule has 16 heavy (non-hydrogen) atoms. The van der Waals surface area contributed by atoms with Crippen molar-refractivity contribution in [2.24, 2.45) is 0 Å². The third-order valence-electron chi connectivity index (χ3n) is 1.57. The zero-order chi connectivity index (χ0) is 12.6. The van der Waals surface area contributed by atoms with Crippen LogP contribution in [0.2, 0.25) is 0 Å². The first-order valence-corrected chi connectivity index (χ1v) is 4.43. The second-order valence-corrected chi connectivity index (χ2v) is 2.79. The SMILES string of the molecule is C=CC(=O)OCCC/C(=C/C(=O)O)C(=O)O. The van der Waals surface area contributed by atoms with E-state index in [0.29, 0.717) is 6.08 Å². The minimum absolute atomic E-state index is 0.0199. The lowest BCUT2D eigenvalue weighted by molar-refractivity contribution is -0.138. The van der Waals surface area contributed by atoms with Crippen molar-refractivity contribution in [1.82, 2.24) is 0 Å². The van der Waals surface area contributed by atoms with Crippen molar-refractivity contribution < 1.29 is 29.3 Å². The van der Waals surface area contributed by atoms with Gasteiger partial charge in [-0.25, -0.2) is 14.4 Å². The fourth-order valence-electron chi connectivity index (χ4n) is 0.884. The summed E-state index contributed by atoms with van der Waals surface area (Å²) in [4.78, 5) is 31.4. The van der Waals surface area contributed by atoms with E-state index in [2.05, 4.69) is 11.3 Å². The van der Waals surface area contributed by atoms with E-state index < -0.39 is 17.9 Å². The highest BCUT2D eigenvalue weighted by molar-refractivity contribution is 5.94. The van der Waals surface area contributed by atoms with Gasteiger partial charge in [-0.2, -0.15) is 0 Å². The number of carbonyl (C=O) groups excluding carboxylic acids is 1. The molecule has 0 aliphatic heterocycles. The van der Waals surface area contributed by atoms with Crippen molar-refractivity contribution in [1.29, 1.82) is 0 Å². The fourth-order valence-corrected chi connectivity index (χ4v) is 0.884. The number of carbonyl (C=O) groups is 3. The Kier molecular flexibility index (Phi) is 6.27. The van der Waals surface area contributed by atoms with E-state index in [1.807, 2.05) is 0 Å². The van der Waals surface area contributed by atoms with E-state index >= 15 is 0 Å². The lowest BCUT2D eigenvalue weighted by Crippen LogP contribution is -2.07. The minimum Gasteiger partial charge on any atom is -0.478 e. The van der Waals surface area contributed by atoms with E-state index in [4.69, 9.17) is 10.2 Å². The van der Waals surface area contributed by atoms with Gasteiger partial charge in [-0.3, -0.25) is 0 Å². The Morgan fingerprint density at radius 3 is 2.31 bits per heavy atom. The Balaban J connectivity index is 4.05. The Bertz CT molecular complexity index is 328. The molecule has 0 unspecified atom stereocenters. The van der Waals surface area contributed by atoms with Crippen LogP contribution in [-0.4, -0.2) is 34.7 Å². The minimum atomic E-state index is -1.32. The number of rotatable bonds is 7. The number of ether oxygens (including phenoxy) is 1. The summed E-state index contributed by atoms with van der Waals surface area (Å²) in [5.41, 5.74) is -0.234. The molecule has 0 amide bonds. The summed E-state index contributed by atoms with van der Waals surface area (Å²) in [6, 6.07) is 0. The Morgan fingerprint density at radius 2 is 1.88 bits per heavy atom. The third-order valence-corrected chi connectivity index (χ3v) is 1.57. The molecule has 0 aromatic rings. The average molecular weight is 228 g/mol. The maximum Gasteiger partial charge on any atom is 0.331 e. The predicted octanol–water partition coefficient (Wildman–Crippen LogP) is 0.591. The normalized spacial score (nSPS) is 10.6. The van der Waals surface area contributed by atoms with E-state index in [9.17, 15) is 14.4 Å². The van der Waals surface area contributed by atoms with Gasteiger partial charge in [0.1, 0.15) is 0 Å². The van der Waals surface area contributed by atoms with Crippen LogP contribution in [0.3, 0.4) is 0 Å². The van der Waals surface area contributed by atoms with Gasteiger partial charge < -0.3 is 14.9 Å². The molecule has 0 bridgehead atoms. The van der Waals surface area contributed by atoms with Crippen molar-refractivity contribution in [3.63, 3.8) is 0 Å². The molecule has 0 aromatic heterocycles. The van der Waals surface area contributed by atoms with Gasteiger partial charge in [-0.05, 0) is 12.8 Å². The van der Waals surface area contributed by atoms with Crippen molar-refractivity contribution in [2.75, 3.05) is 6.61 Å². The van der Waals surface area contributed by atoms with Gasteiger partial charge in [0.25, 0.3) is 0 Å². The third kappa shape index (κ3) is 6.36. The molecule has 2 N–H and O–H groups in total. The molecule has 0 heterocycles. The molecule has 0 saturated heterocycles. The topological polar surface area (TPSA) is 101 Å². The van der Waals surface area contributed by atoms with Crippen LogP contribution < -0.4 is 0 Å². The fraction of sp³-hybridized carbons (Fsp3) is 0.300. The van der Waals surface area contributed by atoms with Gasteiger partial charge in [-0.15, -0.1) is 0 Å². The molecule has 0 aromatic carbocycles. The monoisotopic (exact) mass is 228 g/mol. The van der Waals surface area contributed by atoms with Crippen LogP contribution in [0, 0.1) is 0 Å². The number of carboxylic acid groups (broad SMARTS) is 2. The second-order valence-electron chi connectivity index (χ2n) is 2.79. The summed E-state index contributed by atoms with van der Waals surface area (Å²) in [6.07, 6.45) is 1.87. The van der Waals surface area contributed by atoms with Crippen LogP contribution in [0.1, 0.15) is 12.8 Å². The summed E-state index contributed by atoms with van der Waals surface area (Å²) >= 11 is 0. The van der Waals surface area contributed by atoms with Crippen molar-refractivity contribution >= 4 is 17.9 Å². The van der Waals surface area contributed by atoms with Gasteiger partial charge in [-0.1, -0.05) is 6.58 Å². The molecule has 88 valence electrons. The lowest BCUT2D eigenvalue weighted by atomic mass is 10.1. The van der Waals surface area contributed by atoms with Crippen LogP contribution in [0.25, 0.3) is 0 Å². The van der Waals surface area contributed by atoms with Crippen molar-refractivity contribution in [3.8, 4) is 0 Å². The summed E-state index contributed by atoms with van der Waals surface area (Å²) in [5.74, 6) is -3.21. The molecule has 0 aliphatic carbocycles. The molecule has 0 spiro atoms. The standard InChI is InChI=1S/C10H12O6/c1-2-9(13)16-5-3-4-7(10(14)15)6-8(11)12/h2,6H,1,3-5H2,(H,11,12)(H,14,15)/b7-6-. The van der Waals surface area contributed by atoms with E-state index in [-0.39, 0.29) is 25.0 Å². The van der Waals surface area contributed by atoms with Crippen molar-refractivity contribution in [3.05, 3.63) is 24.3 Å². The van der Waals surface area contributed by atoms with Gasteiger partial charge in [0.05, 0.1) is 6.61 Å². The summed E-state index contributed by atoms with van der Waals surface area (Å²) in [5, 5.41) is 17.0. The maximum absolute atomic E-state index is 10.6. The predicted molar refractivity (Wildman–Crippen MR) is 53.7 cm³/mol. The van der Waals surface area contributed by atoms with E-state index in [0.717, 1.165) is 6.08 Å². The number of esters is 1. The quantitative estimate of drug-likeness (QED) is 0.375. The highest BCUT2D eigenvalue weighted by Gasteiger charge is 2.09. The molecule has 0 rings (SSSR count). The summed E-state index contributed by atoms with van der Waals surface area (Å²) in [7, 11) is 0. The van der Waals surface area contributed by atoms with E-state index in [1.165, 1.54) is 0 Å². The molecule has 0 atom stereocenters. The molecule has 0 aliphatic rings. The zero-order valence-electron chi connectivity index (χ0n) is 8.51. The Labute approximate surface area is 91.8 Å². The largest absolute Gasteiger partial charge is 0.478 e. The number of hydrogen-bond acceptors (Lipinski definition) is 4. The number of carboxylic acids is 2. The van der Waals surface area contributed by atoms with Crippen LogP contribution in [0.4, 0.5) is 0 Å². The van der Waals surface area contributed by atoms with Crippen LogP contribution in [0.15, 0.2) is 24.3 Å². The summed E-state index contributed by atoms with van der Waals surface area (Å²) < 4.78 is 4.60. The summed E-state index contributed by atoms with van der Waals surface area (Å²) in [6.45, 7) is 3.21. The Hall–Kier alpha value is -2.11. The molecular formula is C10H12O6. The van der Waals surface area contributed by atoms with Gasteiger partial charge in [0, 0.05) is 17.7 Å². The first-order valence-electron chi connectivity index (χ1n) is 4.43. The highest BCUT2D eigenvalue weighted by atomic mass is 16.5. The molecule has 0 saturated carbocycles. The van der Waals surface area contributed by atoms with E-state index in [1.54, 1.807) is 0 Å². The average Bonchev–Trinajstić information content (AvgIpc) is 2.21. The van der Waals surface area contributed by atoms with Crippen LogP contribution in [0.5, 0.6) is 0 Å². The Morgan fingerprint density at radius 1 is 1.25 bits per heavy atom. The maximum atomic E-state index is 10.6. The zero-order valence-corrected chi connectivity index (χ0v) is 8.51. The van der Waals surface area contributed by atoms with Crippen LogP contribution >= 0.6 is 0 Å². The smallest absolute Gasteiger partial charge is 0.331 e.